The van der Waals surface area contributed by atoms with Gasteiger partial charge in [-0.25, -0.2) is 0 Å². The van der Waals surface area contributed by atoms with E-state index in [4.69, 9.17) is 0 Å². The van der Waals surface area contributed by atoms with Gasteiger partial charge in [-0.15, -0.1) is 22.0 Å². The van der Waals surface area contributed by atoms with E-state index < -0.39 is 6.04 Å². The summed E-state index contributed by atoms with van der Waals surface area (Å²) in [5.74, 6) is 0.846. The first kappa shape index (κ1) is 14.8. The number of rotatable bonds is 3. The Morgan fingerprint density at radius 1 is 1.48 bits per heavy atom. The summed E-state index contributed by atoms with van der Waals surface area (Å²) in [7, 11) is 0. The van der Waals surface area contributed by atoms with Gasteiger partial charge in [0.1, 0.15) is 11.0 Å². The standard InChI is InChI=1S/C13H18N4O2S2/c1-7(2)11-15-16-12(21-11)14-10(19)8-6-20-13(3)5-4-9(18)17(8)13/h7-8H,4-6H2,1-3H3,(H,14,16,19)/t8-,13+/m1/s1. The number of thioether (sulfide) groups is 1. The Kier molecular flexibility index (Phi) is 3.69. The van der Waals surface area contributed by atoms with E-state index in [2.05, 4.69) is 15.5 Å². The maximum Gasteiger partial charge on any atom is 0.249 e. The zero-order chi connectivity index (χ0) is 15.2. The highest BCUT2D eigenvalue weighted by molar-refractivity contribution is 8.01. The molecule has 1 aromatic rings. The quantitative estimate of drug-likeness (QED) is 0.920. The number of hydrogen-bond acceptors (Lipinski definition) is 6. The van der Waals surface area contributed by atoms with Crippen molar-refractivity contribution in [3.8, 4) is 0 Å². The number of carbonyl (C=O) groups is 2. The first-order valence-electron chi connectivity index (χ1n) is 7.01. The maximum absolute atomic E-state index is 12.4. The lowest BCUT2D eigenvalue weighted by atomic mass is 10.2. The van der Waals surface area contributed by atoms with Gasteiger partial charge in [-0.2, -0.15) is 0 Å². The van der Waals surface area contributed by atoms with Gasteiger partial charge in [0.15, 0.2) is 0 Å². The lowest BCUT2D eigenvalue weighted by molar-refractivity contribution is -0.135. The number of amides is 2. The number of anilines is 1. The molecule has 21 heavy (non-hydrogen) atoms. The van der Waals surface area contributed by atoms with Crippen LogP contribution in [0.25, 0.3) is 0 Å². The molecule has 0 saturated carbocycles. The van der Waals surface area contributed by atoms with E-state index >= 15 is 0 Å². The first-order chi connectivity index (χ1) is 9.90. The van der Waals surface area contributed by atoms with E-state index in [1.165, 1.54) is 11.3 Å². The Bertz CT molecular complexity index is 588. The van der Waals surface area contributed by atoms with E-state index in [0.717, 1.165) is 11.4 Å². The van der Waals surface area contributed by atoms with Crippen LogP contribution >= 0.6 is 23.1 Å². The van der Waals surface area contributed by atoms with Crippen LogP contribution in [0.2, 0.25) is 0 Å². The second-order valence-corrected chi connectivity index (χ2v) is 8.37. The van der Waals surface area contributed by atoms with Crippen LogP contribution in [0.3, 0.4) is 0 Å². The second-order valence-electron chi connectivity index (χ2n) is 5.85. The van der Waals surface area contributed by atoms with Gasteiger partial charge < -0.3 is 4.90 Å². The van der Waals surface area contributed by atoms with Crippen LogP contribution in [0.1, 0.15) is 44.5 Å². The molecule has 0 aliphatic carbocycles. The molecule has 2 aliphatic rings. The van der Waals surface area contributed by atoms with Crippen LogP contribution in [0.4, 0.5) is 5.13 Å². The summed E-state index contributed by atoms with van der Waals surface area (Å²) in [4.78, 5) is 26.0. The molecule has 2 aliphatic heterocycles. The molecule has 3 rings (SSSR count). The molecule has 1 N–H and O–H groups in total. The van der Waals surface area contributed by atoms with Crippen molar-refractivity contribution in [3.63, 3.8) is 0 Å². The van der Waals surface area contributed by atoms with E-state index in [1.807, 2.05) is 20.8 Å². The fourth-order valence-electron chi connectivity index (χ4n) is 2.72. The molecule has 0 aromatic carbocycles. The number of carbonyl (C=O) groups excluding carboxylic acids is 2. The molecule has 2 atom stereocenters. The molecule has 0 radical (unpaired) electrons. The maximum atomic E-state index is 12.4. The predicted octanol–water partition coefficient (Wildman–Crippen LogP) is 2.05. The third kappa shape index (κ3) is 2.55. The van der Waals surface area contributed by atoms with Crippen molar-refractivity contribution >= 4 is 40.0 Å². The smallest absolute Gasteiger partial charge is 0.249 e. The summed E-state index contributed by atoms with van der Waals surface area (Å²) < 4.78 is 0. The van der Waals surface area contributed by atoms with Gasteiger partial charge in [-0.3, -0.25) is 14.9 Å². The van der Waals surface area contributed by atoms with Crippen LogP contribution in [0.15, 0.2) is 0 Å². The Labute approximate surface area is 131 Å². The van der Waals surface area contributed by atoms with Gasteiger partial charge in [0.25, 0.3) is 0 Å². The first-order valence-corrected chi connectivity index (χ1v) is 8.81. The summed E-state index contributed by atoms with van der Waals surface area (Å²) in [6.07, 6.45) is 1.35. The number of hydrogen-bond donors (Lipinski definition) is 1. The van der Waals surface area contributed by atoms with Crippen molar-refractivity contribution in [1.29, 1.82) is 0 Å². The van der Waals surface area contributed by atoms with Crippen molar-refractivity contribution in [3.05, 3.63) is 5.01 Å². The molecule has 2 fully saturated rings. The molecule has 8 heteroatoms. The van der Waals surface area contributed by atoms with Gasteiger partial charge >= 0.3 is 0 Å². The Morgan fingerprint density at radius 2 is 2.24 bits per heavy atom. The largest absolute Gasteiger partial charge is 0.315 e. The Hall–Kier alpha value is -1.15. The van der Waals surface area contributed by atoms with Gasteiger partial charge in [0.05, 0.1) is 4.87 Å². The van der Waals surface area contributed by atoms with Crippen LogP contribution in [0.5, 0.6) is 0 Å². The lowest BCUT2D eigenvalue weighted by Crippen LogP contribution is -2.48. The summed E-state index contributed by atoms with van der Waals surface area (Å²) in [5.41, 5.74) is 0. The van der Waals surface area contributed by atoms with E-state index in [0.29, 0.717) is 23.2 Å². The highest BCUT2D eigenvalue weighted by atomic mass is 32.2. The fourth-order valence-corrected chi connectivity index (χ4v) is 4.90. The number of aromatic nitrogens is 2. The molecule has 1 aromatic heterocycles. The zero-order valence-electron chi connectivity index (χ0n) is 12.3. The van der Waals surface area contributed by atoms with Gasteiger partial charge in [0, 0.05) is 18.1 Å². The lowest BCUT2D eigenvalue weighted by Gasteiger charge is -2.29. The summed E-state index contributed by atoms with van der Waals surface area (Å²) in [5, 5.41) is 12.3. The average molecular weight is 326 g/mol. The molecule has 114 valence electrons. The second kappa shape index (κ2) is 5.24. The van der Waals surface area contributed by atoms with Crippen LogP contribution in [-0.4, -0.2) is 43.6 Å². The van der Waals surface area contributed by atoms with Gasteiger partial charge in [-0.05, 0) is 13.3 Å². The van der Waals surface area contributed by atoms with Gasteiger partial charge in [0.2, 0.25) is 16.9 Å². The molecular formula is C13H18N4O2S2. The van der Waals surface area contributed by atoms with E-state index in [9.17, 15) is 9.59 Å². The van der Waals surface area contributed by atoms with Crippen molar-refractivity contribution in [1.82, 2.24) is 15.1 Å². The molecule has 2 saturated heterocycles. The van der Waals surface area contributed by atoms with E-state index in [-0.39, 0.29) is 16.7 Å². The number of fused-ring (bicyclic) bond motifs is 1. The van der Waals surface area contributed by atoms with Crippen molar-refractivity contribution < 1.29 is 9.59 Å². The molecule has 0 unspecified atom stereocenters. The SMILES string of the molecule is CC(C)c1nnc(NC(=O)[C@H]2CS[C@@]3(C)CCC(=O)N23)s1. The number of nitrogens with one attached hydrogen (secondary N) is 1. The van der Waals surface area contributed by atoms with Crippen LogP contribution in [0, 0.1) is 0 Å². The zero-order valence-corrected chi connectivity index (χ0v) is 13.9. The molecule has 0 spiro atoms. The third-order valence-electron chi connectivity index (χ3n) is 3.91. The monoisotopic (exact) mass is 326 g/mol. The molecule has 3 heterocycles. The average Bonchev–Trinajstić information content (AvgIpc) is 3.07. The van der Waals surface area contributed by atoms with Gasteiger partial charge in [-0.1, -0.05) is 25.2 Å². The molecule has 2 amide bonds. The van der Waals surface area contributed by atoms with Crippen molar-refractivity contribution in [2.45, 2.75) is 50.4 Å². The predicted molar refractivity (Wildman–Crippen MR) is 83.4 cm³/mol. The highest BCUT2D eigenvalue weighted by Gasteiger charge is 2.52. The Morgan fingerprint density at radius 3 is 2.90 bits per heavy atom. The molecular weight excluding hydrogens is 308 g/mol. The third-order valence-corrected chi connectivity index (χ3v) is 6.56. The van der Waals surface area contributed by atoms with Crippen molar-refractivity contribution in [2.24, 2.45) is 0 Å². The normalized spacial score (nSPS) is 28.3. The highest BCUT2D eigenvalue weighted by Crippen LogP contribution is 2.47. The number of nitrogens with zero attached hydrogens (tertiary/aromatic N) is 3. The summed E-state index contributed by atoms with van der Waals surface area (Å²) in [6, 6.07) is -0.401. The van der Waals surface area contributed by atoms with Crippen LogP contribution < -0.4 is 5.32 Å². The molecule has 6 nitrogen and oxygen atoms in total. The topological polar surface area (TPSA) is 75.2 Å². The minimum absolute atomic E-state index is 0.0720. The minimum atomic E-state index is -0.401. The van der Waals surface area contributed by atoms with Crippen molar-refractivity contribution in [2.75, 3.05) is 11.1 Å². The minimum Gasteiger partial charge on any atom is -0.315 e. The van der Waals surface area contributed by atoms with Crippen LogP contribution in [-0.2, 0) is 9.59 Å². The fraction of sp³-hybridized carbons (Fsp3) is 0.692. The molecule has 0 bridgehead atoms. The summed E-state index contributed by atoms with van der Waals surface area (Å²) in [6.45, 7) is 6.11. The van der Waals surface area contributed by atoms with E-state index in [1.54, 1.807) is 16.7 Å². The summed E-state index contributed by atoms with van der Waals surface area (Å²) >= 11 is 3.08. The Balaban J connectivity index is 1.72.